The van der Waals surface area contributed by atoms with E-state index in [0.717, 1.165) is 15.2 Å². The number of hydrogen-bond acceptors (Lipinski definition) is 6. The van der Waals surface area contributed by atoms with Gasteiger partial charge in [-0.3, -0.25) is 5.10 Å². The van der Waals surface area contributed by atoms with Crippen LogP contribution in [0, 0.1) is 0 Å². The molecular formula is C8H4ClN5S2. The first-order chi connectivity index (χ1) is 7.83. The molecule has 3 aromatic heterocycles. The summed E-state index contributed by atoms with van der Waals surface area (Å²) in [6.45, 7) is 0. The molecule has 16 heavy (non-hydrogen) atoms. The van der Waals surface area contributed by atoms with Gasteiger partial charge in [0.2, 0.25) is 5.28 Å². The SMILES string of the molecule is Clc1nc(Sc2ncn[nH]2)c2ccsc2n1. The fraction of sp³-hybridized carbons (Fsp3) is 0. The zero-order valence-corrected chi connectivity index (χ0v) is 10.1. The smallest absolute Gasteiger partial charge is 0.224 e. The highest BCUT2D eigenvalue weighted by atomic mass is 35.5. The molecule has 0 aliphatic rings. The van der Waals surface area contributed by atoms with Gasteiger partial charge in [0.1, 0.15) is 16.2 Å². The van der Waals surface area contributed by atoms with Crippen LogP contribution in [0.1, 0.15) is 0 Å². The highest BCUT2D eigenvalue weighted by Gasteiger charge is 2.10. The van der Waals surface area contributed by atoms with E-state index in [1.54, 1.807) is 0 Å². The molecule has 0 aliphatic carbocycles. The Kier molecular flexibility index (Phi) is 2.50. The predicted molar refractivity (Wildman–Crippen MR) is 62.9 cm³/mol. The molecule has 3 aromatic rings. The predicted octanol–water partition coefficient (Wildman–Crippen LogP) is 2.61. The van der Waals surface area contributed by atoms with Crippen molar-refractivity contribution in [2.24, 2.45) is 0 Å². The summed E-state index contributed by atoms with van der Waals surface area (Å²) in [4.78, 5) is 13.2. The first kappa shape index (κ1) is 10.0. The molecule has 0 fully saturated rings. The van der Waals surface area contributed by atoms with Crippen LogP contribution in [0.3, 0.4) is 0 Å². The lowest BCUT2D eigenvalue weighted by Gasteiger charge is -1.99. The molecule has 5 nitrogen and oxygen atoms in total. The summed E-state index contributed by atoms with van der Waals surface area (Å²) in [7, 11) is 0. The van der Waals surface area contributed by atoms with Crippen molar-refractivity contribution in [3.05, 3.63) is 23.1 Å². The monoisotopic (exact) mass is 269 g/mol. The van der Waals surface area contributed by atoms with Crippen LogP contribution in [0.15, 0.2) is 28.0 Å². The standard InChI is InChI=1S/C8H4ClN5S2/c9-7-12-5-4(1-2-15-5)6(13-7)16-8-10-3-11-14-8/h1-3H,(H,10,11,14). The van der Waals surface area contributed by atoms with E-state index < -0.39 is 0 Å². The highest BCUT2D eigenvalue weighted by Crippen LogP contribution is 2.32. The maximum atomic E-state index is 5.85. The Morgan fingerprint density at radius 2 is 2.31 bits per heavy atom. The molecule has 80 valence electrons. The number of H-pyrrole nitrogens is 1. The van der Waals surface area contributed by atoms with Crippen LogP contribution in [-0.4, -0.2) is 25.1 Å². The second kappa shape index (κ2) is 4.00. The van der Waals surface area contributed by atoms with Gasteiger partial charge >= 0.3 is 0 Å². The summed E-state index contributed by atoms with van der Waals surface area (Å²) < 4.78 is 0. The van der Waals surface area contributed by atoms with Gasteiger partial charge in [0.15, 0.2) is 5.16 Å². The molecule has 1 N–H and O–H groups in total. The highest BCUT2D eigenvalue weighted by molar-refractivity contribution is 7.99. The lowest BCUT2D eigenvalue weighted by Crippen LogP contribution is -1.87. The van der Waals surface area contributed by atoms with Crippen LogP contribution in [0.2, 0.25) is 5.28 Å². The molecule has 0 unspecified atom stereocenters. The van der Waals surface area contributed by atoms with Gasteiger partial charge in [-0.15, -0.1) is 11.3 Å². The number of halogens is 1. The van der Waals surface area contributed by atoms with E-state index in [-0.39, 0.29) is 5.28 Å². The van der Waals surface area contributed by atoms with Gasteiger partial charge in [-0.2, -0.15) is 5.10 Å². The third kappa shape index (κ3) is 1.77. The minimum absolute atomic E-state index is 0.247. The van der Waals surface area contributed by atoms with Crippen molar-refractivity contribution >= 4 is 44.9 Å². The van der Waals surface area contributed by atoms with Gasteiger partial charge in [-0.05, 0) is 34.8 Å². The van der Waals surface area contributed by atoms with Gasteiger partial charge in [-0.1, -0.05) is 0 Å². The third-order valence-corrected chi connectivity index (χ3v) is 3.72. The molecule has 0 aliphatic heterocycles. The first-order valence-electron chi connectivity index (χ1n) is 4.27. The second-order valence-electron chi connectivity index (χ2n) is 2.83. The number of aromatic nitrogens is 5. The molecule has 0 spiro atoms. The van der Waals surface area contributed by atoms with E-state index in [9.17, 15) is 0 Å². The van der Waals surface area contributed by atoms with E-state index >= 15 is 0 Å². The number of rotatable bonds is 2. The molecule has 8 heteroatoms. The van der Waals surface area contributed by atoms with Gasteiger partial charge in [0, 0.05) is 5.39 Å². The Bertz CT molecular complexity index is 620. The number of nitrogens with zero attached hydrogens (tertiary/aromatic N) is 4. The average molecular weight is 270 g/mol. The fourth-order valence-corrected chi connectivity index (χ4v) is 3.10. The van der Waals surface area contributed by atoms with E-state index in [0.29, 0.717) is 5.16 Å². The van der Waals surface area contributed by atoms with Crippen molar-refractivity contribution in [1.82, 2.24) is 25.1 Å². The van der Waals surface area contributed by atoms with Crippen molar-refractivity contribution in [3.8, 4) is 0 Å². The Morgan fingerprint density at radius 3 is 3.12 bits per heavy atom. The summed E-state index contributed by atoms with van der Waals surface area (Å²) in [6.07, 6.45) is 1.45. The van der Waals surface area contributed by atoms with Crippen molar-refractivity contribution in [3.63, 3.8) is 0 Å². The van der Waals surface area contributed by atoms with Gasteiger partial charge < -0.3 is 0 Å². The maximum Gasteiger partial charge on any atom is 0.224 e. The largest absolute Gasteiger partial charge is 0.254 e. The molecule has 3 rings (SSSR count). The van der Waals surface area contributed by atoms with Crippen LogP contribution in [0.4, 0.5) is 0 Å². The summed E-state index contributed by atoms with van der Waals surface area (Å²) in [5, 5.41) is 11.2. The second-order valence-corrected chi connectivity index (χ2v) is 5.04. The molecule has 0 aromatic carbocycles. The number of thiophene rings is 1. The van der Waals surface area contributed by atoms with Crippen molar-refractivity contribution < 1.29 is 0 Å². The zero-order valence-electron chi connectivity index (χ0n) is 7.72. The molecule has 3 heterocycles. The van der Waals surface area contributed by atoms with Gasteiger partial charge in [0.05, 0.1) is 0 Å². The number of fused-ring (bicyclic) bond motifs is 1. The summed E-state index contributed by atoms with van der Waals surface area (Å²) in [6, 6.07) is 1.97. The Morgan fingerprint density at radius 1 is 1.38 bits per heavy atom. The zero-order chi connectivity index (χ0) is 11.0. The quantitative estimate of drug-likeness (QED) is 0.572. The van der Waals surface area contributed by atoms with Crippen LogP contribution < -0.4 is 0 Å². The van der Waals surface area contributed by atoms with Gasteiger partial charge in [-0.25, -0.2) is 15.0 Å². The van der Waals surface area contributed by atoms with Gasteiger partial charge in [0.25, 0.3) is 0 Å². The summed E-state index contributed by atoms with van der Waals surface area (Å²) in [5.74, 6) is 0. The van der Waals surface area contributed by atoms with E-state index in [2.05, 4.69) is 25.1 Å². The fourth-order valence-electron chi connectivity index (χ4n) is 1.22. The van der Waals surface area contributed by atoms with Crippen LogP contribution in [-0.2, 0) is 0 Å². The Hall–Kier alpha value is -1.18. The minimum Gasteiger partial charge on any atom is -0.254 e. The average Bonchev–Trinajstić information content (AvgIpc) is 2.87. The van der Waals surface area contributed by atoms with E-state index in [1.807, 2.05) is 11.4 Å². The Labute approximate surface area is 103 Å². The summed E-state index contributed by atoms with van der Waals surface area (Å²) >= 11 is 8.76. The molecule has 0 amide bonds. The maximum absolute atomic E-state index is 5.85. The van der Waals surface area contributed by atoms with E-state index in [1.165, 1.54) is 29.4 Å². The molecule has 0 atom stereocenters. The first-order valence-corrected chi connectivity index (χ1v) is 6.34. The molecule has 0 saturated heterocycles. The topological polar surface area (TPSA) is 67.3 Å². The molecule has 0 saturated carbocycles. The van der Waals surface area contributed by atoms with E-state index in [4.69, 9.17) is 11.6 Å². The minimum atomic E-state index is 0.247. The van der Waals surface area contributed by atoms with Crippen LogP contribution >= 0.6 is 34.7 Å². The number of aromatic amines is 1. The van der Waals surface area contributed by atoms with Crippen LogP contribution in [0.5, 0.6) is 0 Å². The van der Waals surface area contributed by atoms with Crippen molar-refractivity contribution in [1.29, 1.82) is 0 Å². The van der Waals surface area contributed by atoms with Crippen molar-refractivity contribution in [2.45, 2.75) is 10.2 Å². The molecular weight excluding hydrogens is 266 g/mol. The van der Waals surface area contributed by atoms with Crippen LogP contribution in [0.25, 0.3) is 10.2 Å². The normalized spacial score (nSPS) is 11.1. The lowest BCUT2D eigenvalue weighted by atomic mass is 10.4. The third-order valence-electron chi connectivity index (χ3n) is 1.85. The lowest BCUT2D eigenvalue weighted by molar-refractivity contribution is 0.968. The Balaban J connectivity index is 2.11. The number of hydrogen-bond donors (Lipinski definition) is 1. The molecule has 0 bridgehead atoms. The number of nitrogens with one attached hydrogen (secondary N) is 1. The summed E-state index contributed by atoms with van der Waals surface area (Å²) in [5.41, 5.74) is 0. The molecule has 0 radical (unpaired) electrons. The van der Waals surface area contributed by atoms with Crippen molar-refractivity contribution in [2.75, 3.05) is 0 Å².